The van der Waals surface area contributed by atoms with Gasteiger partial charge < -0.3 is 9.72 Å². The Morgan fingerprint density at radius 3 is 2.17 bits per heavy atom. The second kappa shape index (κ2) is 5.23. The summed E-state index contributed by atoms with van der Waals surface area (Å²) in [5.74, 6) is 0.365. The van der Waals surface area contributed by atoms with E-state index in [1.165, 1.54) is 24.3 Å². The maximum absolute atomic E-state index is 12.0. The molecule has 8 heteroatoms. The van der Waals surface area contributed by atoms with Crippen LogP contribution in [0.15, 0.2) is 24.3 Å². The number of benzene rings is 1. The second-order valence-corrected chi connectivity index (χ2v) is 5.36. The summed E-state index contributed by atoms with van der Waals surface area (Å²) >= 11 is 4.17. The highest BCUT2D eigenvalue weighted by molar-refractivity contribution is 14.1. The Labute approximate surface area is 127 Å². The van der Waals surface area contributed by atoms with Crippen LogP contribution in [0.3, 0.4) is 0 Å². The van der Waals surface area contributed by atoms with E-state index in [1.807, 2.05) is 0 Å². The number of nitrogens with one attached hydrogen (secondary N) is 1. The number of hydrogen-bond acceptors (Lipinski definition) is 2. The normalized spacial score (nSPS) is 11.6. The molecule has 0 bridgehead atoms. The monoisotopic (exact) mass is 480 g/mol. The number of H-pyrrole nitrogens is 1. The van der Waals surface area contributed by atoms with Gasteiger partial charge in [-0.15, -0.1) is 13.2 Å². The first-order valence-corrected chi connectivity index (χ1v) is 6.78. The highest BCUT2D eigenvalue weighted by atomic mass is 127. The predicted molar refractivity (Wildman–Crippen MR) is 76.1 cm³/mol. The number of alkyl halides is 3. The molecule has 0 unspecified atom stereocenters. The van der Waals surface area contributed by atoms with E-state index in [0.29, 0.717) is 11.4 Å². The quantitative estimate of drug-likeness (QED) is 0.656. The van der Waals surface area contributed by atoms with Gasteiger partial charge in [-0.3, -0.25) is 0 Å². The van der Waals surface area contributed by atoms with Crippen molar-refractivity contribution in [1.29, 1.82) is 0 Å². The summed E-state index contributed by atoms with van der Waals surface area (Å²) in [6.07, 6.45) is -4.67. The van der Waals surface area contributed by atoms with Crippen molar-refractivity contribution < 1.29 is 17.9 Å². The van der Waals surface area contributed by atoms with Gasteiger partial charge in [0.2, 0.25) is 0 Å². The summed E-state index contributed by atoms with van der Waals surface area (Å²) in [5, 5.41) is 0. The highest BCUT2D eigenvalue weighted by Crippen LogP contribution is 2.26. The molecular weight excluding hydrogens is 475 g/mol. The van der Waals surface area contributed by atoms with Gasteiger partial charge in [-0.1, -0.05) is 0 Å². The maximum atomic E-state index is 12.0. The first-order chi connectivity index (χ1) is 8.35. The van der Waals surface area contributed by atoms with Gasteiger partial charge in [0.1, 0.15) is 19.0 Å². The Morgan fingerprint density at radius 1 is 1.11 bits per heavy atom. The zero-order valence-corrected chi connectivity index (χ0v) is 12.9. The molecule has 3 nitrogen and oxygen atoms in total. The number of aromatic nitrogens is 2. The fourth-order valence-electron chi connectivity index (χ4n) is 1.28. The van der Waals surface area contributed by atoms with E-state index in [2.05, 4.69) is 59.9 Å². The molecule has 0 aliphatic heterocycles. The molecule has 0 spiro atoms. The van der Waals surface area contributed by atoms with Crippen LogP contribution < -0.4 is 4.74 Å². The molecule has 0 radical (unpaired) electrons. The van der Waals surface area contributed by atoms with Gasteiger partial charge in [0.15, 0.2) is 0 Å². The lowest BCUT2D eigenvalue weighted by Gasteiger charge is -2.08. The third-order valence-electron chi connectivity index (χ3n) is 1.98. The number of imidazole rings is 1. The number of hydrogen-bond donors (Lipinski definition) is 1. The van der Waals surface area contributed by atoms with E-state index in [1.54, 1.807) is 0 Å². The molecule has 0 saturated carbocycles. The summed E-state index contributed by atoms with van der Waals surface area (Å²) in [6.45, 7) is 0. The van der Waals surface area contributed by atoms with Crippen LogP contribution in [0.25, 0.3) is 11.4 Å². The van der Waals surface area contributed by atoms with Crippen LogP contribution >= 0.6 is 45.2 Å². The number of ether oxygens (including phenoxy) is 1. The fourth-order valence-corrected chi connectivity index (χ4v) is 2.03. The second-order valence-electron chi connectivity index (χ2n) is 3.26. The van der Waals surface area contributed by atoms with Gasteiger partial charge in [-0.25, -0.2) is 4.98 Å². The number of nitrogens with zero attached hydrogens (tertiary/aromatic N) is 1. The van der Waals surface area contributed by atoms with E-state index in [4.69, 9.17) is 0 Å². The van der Waals surface area contributed by atoms with Crippen LogP contribution in [0.1, 0.15) is 0 Å². The first kappa shape index (κ1) is 13.9. The van der Waals surface area contributed by atoms with Gasteiger partial charge in [-0.2, -0.15) is 0 Å². The molecule has 2 aromatic rings. The third-order valence-corrected chi connectivity index (χ3v) is 4.57. The Hall–Kier alpha value is -0.520. The summed E-state index contributed by atoms with van der Waals surface area (Å²) in [7, 11) is 0. The molecular formula is C10H5F3I2N2O. The van der Waals surface area contributed by atoms with Gasteiger partial charge >= 0.3 is 6.36 Å². The molecule has 18 heavy (non-hydrogen) atoms. The fraction of sp³-hybridized carbons (Fsp3) is 0.100. The van der Waals surface area contributed by atoms with E-state index < -0.39 is 6.36 Å². The van der Waals surface area contributed by atoms with Crippen LogP contribution in [0, 0.1) is 7.40 Å². The summed E-state index contributed by atoms with van der Waals surface area (Å²) < 4.78 is 41.4. The van der Waals surface area contributed by atoms with Crippen LogP contribution in [-0.2, 0) is 0 Å². The van der Waals surface area contributed by atoms with Crippen molar-refractivity contribution in [2.75, 3.05) is 0 Å². The molecule has 1 aromatic heterocycles. The van der Waals surface area contributed by atoms with Crippen molar-refractivity contribution in [3.8, 4) is 17.1 Å². The van der Waals surface area contributed by atoms with E-state index in [9.17, 15) is 13.2 Å². The molecule has 0 aliphatic carbocycles. The van der Waals surface area contributed by atoms with E-state index in [0.717, 1.165) is 7.40 Å². The van der Waals surface area contributed by atoms with Crippen LogP contribution in [0.4, 0.5) is 13.2 Å². The molecule has 1 aromatic carbocycles. The summed E-state index contributed by atoms with van der Waals surface area (Å²) in [6, 6.07) is 5.55. The van der Waals surface area contributed by atoms with Crippen LogP contribution in [0.2, 0.25) is 0 Å². The molecule has 2 rings (SSSR count). The van der Waals surface area contributed by atoms with Crippen LogP contribution in [0.5, 0.6) is 5.75 Å². The number of halogens is 5. The molecule has 1 N–H and O–H groups in total. The van der Waals surface area contributed by atoms with Gasteiger partial charge in [-0.05, 0) is 69.4 Å². The smallest absolute Gasteiger partial charge is 0.406 e. The van der Waals surface area contributed by atoms with Crippen LogP contribution in [-0.4, -0.2) is 16.3 Å². The minimum absolute atomic E-state index is 0.248. The van der Waals surface area contributed by atoms with Crippen molar-refractivity contribution in [3.05, 3.63) is 31.7 Å². The summed E-state index contributed by atoms with van der Waals surface area (Å²) in [4.78, 5) is 7.28. The van der Waals surface area contributed by atoms with Gasteiger partial charge in [0.05, 0.1) is 0 Å². The first-order valence-electron chi connectivity index (χ1n) is 4.62. The van der Waals surface area contributed by atoms with E-state index >= 15 is 0 Å². The Balaban J connectivity index is 2.22. The minimum atomic E-state index is -4.67. The molecule has 0 amide bonds. The molecule has 0 aliphatic rings. The van der Waals surface area contributed by atoms with Crippen molar-refractivity contribution >= 4 is 45.2 Å². The molecule has 1 heterocycles. The maximum Gasteiger partial charge on any atom is 0.573 e. The third kappa shape index (κ3) is 3.49. The lowest BCUT2D eigenvalue weighted by atomic mass is 10.2. The lowest BCUT2D eigenvalue weighted by molar-refractivity contribution is -0.274. The SMILES string of the molecule is FC(F)(F)Oc1ccc(-c2nc(I)c(I)[nH]2)cc1. The highest BCUT2D eigenvalue weighted by Gasteiger charge is 2.30. The number of aromatic amines is 1. The zero-order valence-electron chi connectivity index (χ0n) is 8.55. The molecule has 0 fully saturated rings. The predicted octanol–water partition coefficient (Wildman–Crippen LogP) is 4.18. The van der Waals surface area contributed by atoms with Crippen molar-refractivity contribution in [2.24, 2.45) is 0 Å². The van der Waals surface area contributed by atoms with Crippen molar-refractivity contribution in [2.45, 2.75) is 6.36 Å². The van der Waals surface area contributed by atoms with Gasteiger partial charge in [0, 0.05) is 5.56 Å². The van der Waals surface area contributed by atoms with E-state index in [-0.39, 0.29) is 5.75 Å². The van der Waals surface area contributed by atoms with Crippen molar-refractivity contribution in [1.82, 2.24) is 9.97 Å². The Kier molecular flexibility index (Phi) is 4.04. The largest absolute Gasteiger partial charge is 0.573 e. The lowest BCUT2D eigenvalue weighted by Crippen LogP contribution is -2.16. The number of rotatable bonds is 2. The molecule has 96 valence electrons. The average molecular weight is 480 g/mol. The van der Waals surface area contributed by atoms with Gasteiger partial charge in [0.25, 0.3) is 0 Å². The standard InChI is InChI=1S/C10H5F3I2N2O/c11-10(12,13)18-6-3-1-5(2-4-6)9-16-7(14)8(15)17-9/h1-4H,(H,16,17). The Morgan fingerprint density at radius 2 is 1.72 bits per heavy atom. The topological polar surface area (TPSA) is 37.9 Å². The van der Waals surface area contributed by atoms with Crippen molar-refractivity contribution in [3.63, 3.8) is 0 Å². The zero-order chi connectivity index (χ0) is 13.3. The molecule has 0 atom stereocenters. The minimum Gasteiger partial charge on any atom is -0.406 e. The Bertz CT molecular complexity index is 532. The molecule has 0 saturated heterocycles. The summed E-state index contributed by atoms with van der Waals surface area (Å²) in [5.41, 5.74) is 0.699. The average Bonchev–Trinajstić information content (AvgIpc) is 2.58.